The average Bonchev–Trinajstić information content (AvgIpc) is 2.64. The average molecular weight is 303 g/mol. The minimum atomic E-state index is -3.16. The highest BCUT2D eigenvalue weighted by Crippen LogP contribution is 2.63. The van der Waals surface area contributed by atoms with Gasteiger partial charge in [-0.1, -0.05) is 0 Å². The second-order valence-electron chi connectivity index (χ2n) is 4.49. The predicted molar refractivity (Wildman–Crippen MR) is 67.6 cm³/mol. The van der Waals surface area contributed by atoms with E-state index in [0.717, 1.165) is 6.26 Å². The van der Waals surface area contributed by atoms with E-state index in [9.17, 15) is 13.2 Å². The quantitative estimate of drug-likeness (QED) is 0.558. The van der Waals surface area contributed by atoms with E-state index in [1.807, 2.05) is 0 Å². The number of sulfonamides is 1. The molecular formula is C9H16Cl2N2O3S. The van der Waals surface area contributed by atoms with Crippen molar-refractivity contribution in [1.82, 2.24) is 10.0 Å². The Balaban J connectivity index is 2.19. The summed E-state index contributed by atoms with van der Waals surface area (Å²) in [5.74, 6) is -0.193. The smallest absolute Gasteiger partial charge is 0.229 e. The number of alkyl halides is 2. The van der Waals surface area contributed by atoms with Crippen molar-refractivity contribution in [2.75, 3.05) is 19.3 Å². The summed E-state index contributed by atoms with van der Waals surface area (Å²) in [7, 11) is -3.16. The maximum absolute atomic E-state index is 11.7. The summed E-state index contributed by atoms with van der Waals surface area (Å²) in [6.07, 6.45) is 2.05. The molecule has 1 aliphatic carbocycles. The van der Waals surface area contributed by atoms with E-state index < -0.39 is 19.8 Å². The second-order valence-corrected chi connectivity index (χ2v) is 7.81. The van der Waals surface area contributed by atoms with Gasteiger partial charge >= 0.3 is 0 Å². The number of hydrogen-bond acceptors (Lipinski definition) is 3. The third kappa shape index (κ3) is 3.98. The van der Waals surface area contributed by atoms with Crippen LogP contribution in [0.3, 0.4) is 0 Å². The molecule has 0 bridgehead atoms. The minimum Gasteiger partial charge on any atom is -0.355 e. The van der Waals surface area contributed by atoms with Gasteiger partial charge in [-0.2, -0.15) is 0 Å². The van der Waals surface area contributed by atoms with Gasteiger partial charge in [-0.3, -0.25) is 4.79 Å². The van der Waals surface area contributed by atoms with E-state index in [-0.39, 0.29) is 5.91 Å². The Morgan fingerprint density at radius 3 is 2.29 bits per heavy atom. The summed E-state index contributed by atoms with van der Waals surface area (Å²) in [5.41, 5.74) is -0.722. The lowest BCUT2D eigenvalue weighted by Gasteiger charge is -2.12. The Labute approximate surface area is 111 Å². The van der Waals surface area contributed by atoms with Gasteiger partial charge in [0.15, 0.2) is 0 Å². The van der Waals surface area contributed by atoms with Crippen LogP contribution in [0.2, 0.25) is 0 Å². The van der Waals surface area contributed by atoms with Crippen LogP contribution in [-0.4, -0.2) is 38.0 Å². The zero-order chi connectivity index (χ0) is 13.3. The van der Waals surface area contributed by atoms with E-state index in [4.69, 9.17) is 23.2 Å². The van der Waals surface area contributed by atoms with Gasteiger partial charge in [-0.15, -0.1) is 23.2 Å². The van der Waals surface area contributed by atoms with E-state index in [0.29, 0.717) is 25.9 Å². The normalized spacial score (nSPS) is 26.6. The number of halogens is 2. The van der Waals surface area contributed by atoms with Crippen LogP contribution in [0.4, 0.5) is 0 Å². The van der Waals surface area contributed by atoms with E-state index >= 15 is 0 Å². The SMILES string of the molecule is C[C@]1(C(=O)NCCCNS(C)(=O)=O)CC1(Cl)Cl. The van der Waals surface area contributed by atoms with Crippen molar-refractivity contribution < 1.29 is 13.2 Å². The van der Waals surface area contributed by atoms with Gasteiger partial charge in [0.1, 0.15) is 4.33 Å². The number of carbonyl (C=O) groups excluding carboxylic acids is 1. The lowest BCUT2D eigenvalue weighted by Crippen LogP contribution is -2.35. The molecule has 1 aliphatic rings. The Bertz CT molecular complexity index is 410. The molecule has 1 atom stereocenters. The van der Waals surface area contributed by atoms with Gasteiger partial charge in [0, 0.05) is 13.1 Å². The van der Waals surface area contributed by atoms with Gasteiger partial charge in [0.05, 0.1) is 11.7 Å². The maximum Gasteiger partial charge on any atom is 0.229 e. The van der Waals surface area contributed by atoms with Gasteiger partial charge in [-0.25, -0.2) is 13.1 Å². The molecule has 0 aromatic carbocycles. The lowest BCUT2D eigenvalue weighted by atomic mass is 10.1. The Morgan fingerprint density at radius 2 is 1.88 bits per heavy atom. The zero-order valence-corrected chi connectivity index (χ0v) is 12.0. The van der Waals surface area contributed by atoms with E-state index in [1.54, 1.807) is 6.92 Å². The summed E-state index contributed by atoms with van der Waals surface area (Å²) in [6.45, 7) is 2.39. The summed E-state index contributed by atoms with van der Waals surface area (Å²) in [5, 5.41) is 2.68. The standard InChI is InChI=1S/C9H16Cl2N2O3S/c1-8(6-9(8,10)11)7(14)12-4-3-5-13-17(2,15)16/h13H,3-6H2,1-2H3,(H,12,14)/t8-/m1/s1. The number of carbonyl (C=O) groups is 1. The Kier molecular flexibility index (Phi) is 4.34. The van der Waals surface area contributed by atoms with Crippen molar-refractivity contribution in [3.05, 3.63) is 0 Å². The number of nitrogens with one attached hydrogen (secondary N) is 2. The molecule has 0 heterocycles. The first-order chi connectivity index (χ1) is 7.58. The van der Waals surface area contributed by atoms with Crippen LogP contribution in [0.5, 0.6) is 0 Å². The van der Waals surface area contributed by atoms with Crippen molar-refractivity contribution in [3.8, 4) is 0 Å². The predicted octanol–water partition coefficient (Wildman–Crippen LogP) is 0.626. The van der Waals surface area contributed by atoms with Crippen molar-refractivity contribution >= 4 is 39.1 Å². The number of hydrogen-bond donors (Lipinski definition) is 2. The fourth-order valence-electron chi connectivity index (χ4n) is 1.39. The summed E-state index contributed by atoms with van der Waals surface area (Å²) >= 11 is 11.7. The molecule has 0 aliphatic heterocycles. The van der Waals surface area contributed by atoms with Gasteiger partial charge in [0.2, 0.25) is 15.9 Å². The van der Waals surface area contributed by atoms with Crippen LogP contribution in [0.25, 0.3) is 0 Å². The van der Waals surface area contributed by atoms with Gasteiger partial charge in [0.25, 0.3) is 0 Å². The Morgan fingerprint density at radius 1 is 1.35 bits per heavy atom. The highest BCUT2D eigenvalue weighted by atomic mass is 35.5. The molecule has 0 aromatic rings. The molecule has 8 heteroatoms. The van der Waals surface area contributed by atoms with E-state index in [1.165, 1.54) is 0 Å². The van der Waals surface area contributed by atoms with Crippen molar-refractivity contribution in [1.29, 1.82) is 0 Å². The zero-order valence-electron chi connectivity index (χ0n) is 9.72. The highest BCUT2D eigenvalue weighted by molar-refractivity contribution is 7.88. The molecule has 0 saturated heterocycles. The molecule has 100 valence electrons. The minimum absolute atomic E-state index is 0.193. The lowest BCUT2D eigenvalue weighted by molar-refractivity contribution is -0.125. The van der Waals surface area contributed by atoms with Crippen LogP contribution in [0.1, 0.15) is 19.8 Å². The first-order valence-corrected chi connectivity index (χ1v) is 7.84. The molecular weight excluding hydrogens is 287 g/mol. The topological polar surface area (TPSA) is 75.3 Å². The van der Waals surface area contributed by atoms with Crippen LogP contribution < -0.4 is 10.0 Å². The number of rotatable bonds is 6. The van der Waals surface area contributed by atoms with E-state index in [2.05, 4.69) is 10.0 Å². The van der Waals surface area contributed by atoms with Crippen LogP contribution in [0, 0.1) is 5.41 Å². The molecule has 0 spiro atoms. The molecule has 0 radical (unpaired) electrons. The molecule has 1 fully saturated rings. The van der Waals surface area contributed by atoms with Crippen molar-refractivity contribution in [2.24, 2.45) is 5.41 Å². The molecule has 1 rings (SSSR count). The summed E-state index contributed by atoms with van der Waals surface area (Å²) < 4.78 is 22.9. The molecule has 2 N–H and O–H groups in total. The third-order valence-electron chi connectivity index (χ3n) is 2.76. The fraction of sp³-hybridized carbons (Fsp3) is 0.889. The molecule has 1 saturated carbocycles. The maximum atomic E-state index is 11.7. The second kappa shape index (κ2) is 4.91. The van der Waals surface area contributed by atoms with Crippen LogP contribution in [0.15, 0.2) is 0 Å². The fourth-order valence-corrected chi connectivity index (χ4v) is 2.61. The van der Waals surface area contributed by atoms with Crippen molar-refractivity contribution in [2.45, 2.75) is 24.1 Å². The third-order valence-corrected chi connectivity index (χ3v) is 4.59. The molecule has 5 nitrogen and oxygen atoms in total. The number of amides is 1. The molecule has 17 heavy (non-hydrogen) atoms. The monoisotopic (exact) mass is 302 g/mol. The largest absolute Gasteiger partial charge is 0.355 e. The highest BCUT2D eigenvalue weighted by Gasteiger charge is 2.67. The first-order valence-electron chi connectivity index (χ1n) is 5.19. The van der Waals surface area contributed by atoms with Crippen molar-refractivity contribution in [3.63, 3.8) is 0 Å². The molecule has 0 aromatic heterocycles. The van der Waals surface area contributed by atoms with Gasteiger partial charge < -0.3 is 5.32 Å². The molecule has 1 amide bonds. The van der Waals surface area contributed by atoms with Gasteiger partial charge in [-0.05, 0) is 19.8 Å². The summed E-state index contributed by atoms with van der Waals surface area (Å²) in [6, 6.07) is 0. The van der Waals surface area contributed by atoms with Crippen LogP contribution >= 0.6 is 23.2 Å². The summed E-state index contributed by atoms with van der Waals surface area (Å²) in [4.78, 5) is 11.7. The first kappa shape index (κ1) is 15.0. The van der Waals surface area contributed by atoms with Crippen LogP contribution in [-0.2, 0) is 14.8 Å². The Hall–Kier alpha value is -0.0400. The molecule has 0 unspecified atom stereocenters.